The van der Waals surface area contributed by atoms with Crippen LogP contribution >= 0.6 is 35.3 Å². The smallest absolute Gasteiger partial charge is 0.410 e. The average Bonchev–Trinajstić information content (AvgIpc) is 3.35. The van der Waals surface area contributed by atoms with E-state index in [9.17, 15) is 4.79 Å². The molecule has 0 spiro atoms. The van der Waals surface area contributed by atoms with Gasteiger partial charge in [-0.25, -0.2) is 4.79 Å². The van der Waals surface area contributed by atoms with Gasteiger partial charge in [0.1, 0.15) is 5.60 Å². The van der Waals surface area contributed by atoms with Crippen molar-refractivity contribution in [1.29, 1.82) is 0 Å². The van der Waals surface area contributed by atoms with Gasteiger partial charge in [0.25, 0.3) is 0 Å². The molecule has 0 aliphatic carbocycles. The lowest BCUT2D eigenvalue weighted by atomic mass is 9.97. The van der Waals surface area contributed by atoms with Crippen molar-refractivity contribution >= 4 is 47.4 Å². The number of carbonyl (C=O) groups is 1. The van der Waals surface area contributed by atoms with Crippen molar-refractivity contribution in [2.45, 2.75) is 51.8 Å². The lowest BCUT2D eigenvalue weighted by Crippen LogP contribution is -2.58. The molecule has 1 aromatic heterocycles. The molecule has 7 nitrogen and oxygen atoms in total. The number of piperazine rings is 1. The predicted molar refractivity (Wildman–Crippen MR) is 136 cm³/mol. The Labute approximate surface area is 207 Å². The Bertz CT molecular complexity index is 744. The Hall–Kier alpha value is -1.07. The van der Waals surface area contributed by atoms with Gasteiger partial charge in [-0.2, -0.15) is 0 Å². The van der Waals surface area contributed by atoms with Crippen LogP contribution in [-0.4, -0.2) is 84.2 Å². The van der Waals surface area contributed by atoms with Crippen molar-refractivity contribution in [2.75, 3.05) is 45.8 Å². The molecule has 1 unspecified atom stereocenters. The van der Waals surface area contributed by atoms with Crippen LogP contribution in [0, 0.1) is 5.92 Å². The van der Waals surface area contributed by atoms with Gasteiger partial charge in [0, 0.05) is 37.6 Å². The summed E-state index contributed by atoms with van der Waals surface area (Å²) in [6.45, 7) is 13.1. The van der Waals surface area contributed by atoms with E-state index in [1.807, 2.05) is 37.0 Å². The minimum atomic E-state index is -0.452. The van der Waals surface area contributed by atoms with Crippen LogP contribution in [0.5, 0.6) is 0 Å². The molecule has 0 bridgehead atoms. The highest BCUT2D eigenvalue weighted by Gasteiger charge is 2.36. The Kier molecular flexibility index (Phi) is 8.48. The Morgan fingerprint density at radius 3 is 2.71 bits per heavy atom. The topological polar surface area (TPSA) is 60.4 Å². The summed E-state index contributed by atoms with van der Waals surface area (Å²) in [5.41, 5.74) is -0.452. The molecule has 3 aliphatic heterocycles. The van der Waals surface area contributed by atoms with Crippen LogP contribution in [0.15, 0.2) is 22.5 Å². The van der Waals surface area contributed by atoms with E-state index in [2.05, 4.69) is 32.6 Å². The molecule has 4 heterocycles. The number of thiophene rings is 1. The molecule has 2 saturated heterocycles. The standard InChI is InChI=1S/C22H35N5O2S.HI/c1-22(2,3)29-21(28)26-10-11-27-18(15-26)14-24-20(27)23-13-17-6-8-25(9-7-17)16-19-5-4-12-30-19;/h4-5,12,17-18H,6-11,13-16H2,1-3H3,(H,23,24);1H. The normalized spacial score (nSPS) is 22.5. The number of likely N-dealkylation sites (tertiary alicyclic amines) is 1. The maximum Gasteiger partial charge on any atom is 0.410 e. The van der Waals surface area contributed by atoms with Gasteiger partial charge in [0.2, 0.25) is 0 Å². The maximum atomic E-state index is 12.4. The monoisotopic (exact) mass is 561 g/mol. The molecular weight excluding hydrogens is 525 g/mol. The average molecular weight is 562 g/mol. The number of ether oxygens (including phenoxy) is 1. The van der Waals surface area contributed by atoms with Gasteiger partial charge in [-0.3, -0.25) is 9.89 Å². The fraction of sp³-hybridized carbons (Fsp3) is 0.727. The number of piperidine rings is 1. The first-order valence-corrected chi connectivity index (χ1v) is 12.0. The summed E-state index contributed by atoms with van der Waals surface area (Å²) in [5, 5.41) is 5.78. The highest BCUT2D eigenvalue weighted by Crippen LogP contribution is 2.22. The van der Waals surface area contributed by atoms with Crippen molar-refractivity contribution in [1.82, 2.24) is 20.0 Å². The third kappa shape index (κ3) is 6.71. The van der Waals surface area contributed by atoms with Gasteiger partial charge in [0.05, 0.1) is 12.6 Å². The Balaban J connectivity index is 0.00000272. The van der Waals surface area contributed by atoms with Gasteiger partial charge < -0.3 is 19.9 Å². The summed E-state index contributed by atoms with van der Waals surface area (Å²) in [5.74, 6) is 1.72. The van der Waals surface area contributed by atoms with Crippen molar-refractivity contribution in [3.05, 3.63) is 22.4 Å². The molecule has 1 aromatic rings. The number of amides is 1. The number of hydrogen-bond donors (Lipinski definition) is 1. The minimum absolute atomic E-state index is 0. The Morgan fingerprint density at radius 2 is 2.03 bits per heavy atom. The van der Waals surface area contributed by atoms with E-state index < -0.39 is 5.60 Å². The van der Waals surface area contributed by atoms with Crippen LogP contribution in [0.1, 0.15) is 38.5 Å². The molecule has 1 atom stereocenters. The van der Waals surface area contributed by atoms with Gasteiger partial charge >= 0.3 is 6.09 Å². The number of aliphatic imine (C=N–C) groups is 1. The number of rotatable bonds is 4. The summed E-state index contributed by atoms with van der Waals surface area (Å²) < 4.78 is 5.53. The molecule has 174 valence electrons. The minimum Gasteiger partial charge on any atom is -0.444 e. The zero-order valence-electron chi connectivity index (χ0n) is 18.9. The summed E-state index contributed by atoms with van der Waals surface area (Å²) in [7, 11) is 0. The van der Waals surface area contributed by atoms with E-state index in [1.165, 1.54) is 30.8 Å². The number of hydrogen-bond acceptors (Lipinski definition) is 7. The largest absolute Gasteiger partial charge is 0.444 e. The van der Waals surface area contributed by atoms with Gasteiger partial charge in [-0.05, 0) is 64.1 Å². The zero-order chi connectivity index (χ0) is 21.1. The number of guanidine groups is 1. The van der Waals surface area contributed by atoms with Crippen molar-refractivity contribution in [3.8, 4) is 0 Å². The quantitative estimate of drug-likeness (QED) is 0.571. The molecule has 2 fully saturated rings. The highest BCUT2D eigenvalue weighted by atomic mass is 127. The van der Waals surface area contributed by atoms with E-state index in [1.54, 1.807) is 0 Å². The van der Waals surface area contributed by atoms with Gasteiger partial charge in [0.15, 0.2) is 5.96 Å². The highest BCUT2D eigenvalue weighted by molar-refractivity contribution is 14.0. The molecule has 0 saturated carbocycles. The first-order chi connectivity index (χ1) is 14.4. The second-order valence-electron chi connectivity index (χ2n) is 9.62. The molecular formula is C22H36IN5O2S. The van der Waals surface area contributed by atoms with Crippen LogP contribution in [0.25, 0.3) is 0 Å². The van der Waals surface area contributed by atoms with E-state index in [-0.39, 0.29) is 36.1 Å². The Morgan fingerprint density at radius 1 is 1.26 bits per heavy atom. The molecule has 4 rings (SSSR count). The number of fused-ring (bicyclic) bond motifs is 1. The molecule has 1 amide bonds. The van der Waals surface area contributed by atoms with Crippen LogP contribution in [0.4, 0.5) is 4.79 Å². The van der Waals surface area contributed by atoms with Gasteiger partial charge in [-0.15, -0.1) is 35.3 Å². The SMILES string of the molecule is CC(C)(C)OC(=O)N1CCN2C(NCC3CCN(Cc4cccs4)CC3)=NCC2C1.I. The second kappa shape index (κ2) is 10.7. The van der Waals surface area contributed by atoms with Gasteiger partial charge in [-0.1, -0.05) is 6.07 Å². The molecule has 3 aliphatic rings. The van der Waals surface area contributed by atoms with E-state index in [0.29, 0.717) is 19.0 Å². The van der Waals surface area contributed by atoms with Crippen molar-refractivity contribution < 1.29 is 9.53 Å². The molecule has 1 N–H and O–H groups in total. The number of nitrogens with zero attached hydrogens (tertiary/aromatic N) is 4. The fourth-order valence-electron chi connectivity index (χ4n) is 4.43. The summed E-state index contributed by atoms with van der Waals surface area (Å²) in [4.78, 5) is 25.3. The van der Waals surface area contributed by atoms with E-state index in [0.717, 1.165) is 32.1 Å². The first kappa shape index (κ1) is 24.6. The summed E-state index contributed by atoms with van der Waals surface area (Å²) in [6.07, 6.45) is 2.26. The summed E-state index contributed by atoms with van der Waals surface area (Å²) in [6, 6.07) is 4.64. The number of carbonyl (C=O) groups excluding carboxylic acids is 1. The number of halogens is 1. The van der Waals surface area contributed by atoms with E-state index >= 15 is 0 Å². The molecule has 31 heavy (non-hydrogen) atoms. The predicted octanol–water partition coefficient (Wildman–Crippen LogP) is 3.46. The van der Waals surface area contributed by atoms with Crippen molar-refractivity contribution in [2.24, 2.45) is 10.9 Å². The lowest BCUT2D eigenvalue weighted by molar-refractivity contribution is 0.0137. The van der Waals surface area contributed by atoms with E-state index in [4.69, 9.17) is 9.73 Å². The van der Waals surface area contributed by atoms with Crippen molar-refractivity contribution in [3.63, 3.8) is 0 Å². The third-order valence-electron chi connectivity index (χ3n) is 6.07. The molecule has 0 radical (unpaired) electrons. The maximum absolute atomic E-state index is 12.4. The van der Waals surface area contributed by atoms with Crippen LogP contribution < -0.4 is 5.32 Å². The fourth-order valence-corrected chi connectivity index (χ4v) is 5.18. The number of nitrogens with one attached hydrogen (secondary N) is 1. The lowest BCUT2D eigenvalue weighted by Gasteiger charge is -2.39. The van der Waals surface area contributed by atoms with Crippen LogP contribution in [0.3, 0.4) is 0 Å². The van der Waals surface area contributed by atoms with Crippen LogP contribution in [0.2, 0.25) is 0 Å². The third-order valence-corrected chi connectivity index (χ3v) is 6.93. The molecule has 0 aromatic carbocycles. The summed E-state index contributed by atoms with van der Waals surface area (Å²) >= 11 is 1.85. The first-order valence-electron chi connectivity index (χ1n) is 11.1. The van der Waals surface area contributed by atoms with Crippen LogP contribution in [-0.2, 0) is 11.3 Å². The second-order valence-corrected chi connectivity index (χ2v) is 10.6. The zero-order valence-corrected chi connectivity index (χ0v) is 22.0. The molecule has 9 heteroatoms.